The molecular formula is C18H19FN2O4S. The van der Waals surface area contributed by atoms with Gasteiger partial charge in [-0.3, -0.25) is 4.79 Å². The van der Waals surface area contributed by atoms with Crippen molar-refractivity contribution in [2.75, 3.05) is 19.7 Å². The van der Waals surface area contributed by atoms with Crippen LogP contribution >= 0.6 is 0 Å². The number of benzene rings is 2. The summed E-state index contributed by atoms with van der Waals surface area (Å²) in [6.45, 7) is 0.940. The minimum absolute atomic E-state index is 0.209. The van der Waals surface area contributed by atoms with Crippen LogP contribution in [0.25, 0.3) is 0 Å². The van der Waals surface area contributed by atoms with Gasteiger partial charge in [-0.2, -0.15) is 0 Å². The van der Waals surface area contributed by atoms with Crippen molar-refractivity contribution in [3.63, 3.8) is 0 Å². The van der Waals surface area contributed by atoms with Gasteiger partial charge in [-0.05, 0) is 23.8 Å². The van der Waals surface area contributed by atoms with E-state index in [9.17, 15) is 17.6 Å². The van der Waals surface area contributed by atoms with Gasteiger partial charge in [0.2, 0.25) is 10.0 Å². The van der Waals surface area contributed by atoms with Crippen LogP contribution in [0.15, 0.2) is 53.4 Å². The zero-order valence-corrected chi connectivity index (χ0v) is 14.8. The molecule has 8 heteroatoms. The number of halogens is 1. The third-order valence-corrected chi connectivity index (χ3v) is 5.14. The molecule has 2 aromatic rings. The Morgan fingerprint density at radius 1 is 1.23 bits per heavy atom. The van der Waals surface area contributed by atoms with Crippen molar-refractivity contribution in [3.8, 4) is 0 Å². The van der Waals surface area contributed by atoms with Gasteiger partial charge in [-0.25, -0.2) is 17.9 Å². The van der Waals surface area contributed by atoms with Gasteiger partial charge in [0.1, 0.15) is 5.82 Å². The van der Waals surface area contributed by atoms with E-state index in [1.807, 2.05) is 30.3 Å². The van der Waals surface area contributed by atoms with E-state index in [1.54, 1.807) is 0 Å². The van der Waals surface area contributed by atoms with Gasteiger partial charge in [0.15, 0.2) is 0 Å². The lowest BCUT2D eigenvalue weighted by atomic mass is 10.1. The number of ether oxygens (including phenoxy) is 1. The smallest absolute Gasteiger partial charge is 0.257 e. The molecule has 1 aliphatic heterocycles. The maximum Gasteiger partial charge on any atom is 0.257 e. The molecule has 1 saturated heterocycles. The second-order valence-electron chi connectivity index (χ2n) is 6.12. The Morgan fingerprint density at radius 3 is 2.65 bits per heavy atom. The number of carbonyl (C=O) groups excluding carboxylic acids is 1. The van der Waals surface area contributed by atoms with E-state index >= 15 is 0 Å². The van der Waals surface area contributed by atoms with Crippen LogP contribution in [0.4, 0.5) is 4.39 Å². The lowest BCUT2D eigenvalue weighted by Gasteiger charge is -2.33. The number of rotatable bonds is 4. The number of morpholine rings is 1. The van der Waals surface area contributed by atoms with Crippen LogP contribution in [0.3, 0.4) is 0 Å². The van der Waals surface area contributed by atoms with Crippen LogP contribution in [0.1, 0.15) is 15.9 Å². The Kier molecular flexibility index (Phi) is 5.36. The summed E-state index contributed by atoms with van der Waals surface area (Å²) in [5.74, 6) is -1.36. The standard InChI is InChI=1S/C18H19FN2O4S/c19-17-7-6-15(26(20,23)24)11-16(17)18(22)21-8-9-25-14(12-21)10-13-4-2-1-3-5-13/h1-7,11,14H,8-10,12H2,(H2,20,23,24)/t14-/m1/s1. The molecule has 0 aromatic heterocycles. The van der Waals surface area contributed by atoms with Crippen molar-refractivity contribution in [2.45, 2.75) is 17.4 Å². The highest BCUT2D eigenvalue weighted by Crippen LogP contribution is 2.19. The van der Waals surface area contributed by atoms with Crippen molar-refractivity contribution in [1.82, 2.24) is 4.90 Å². The minimum atomic E-state index is -4.02. The molecule has 0 radical (unpaired) electrons. The second-order valence-corrected chi connectivity index (χ2v) is 7.68. The van der Waals surface area contributed by atoms with E-state index < -0.39 is 21.7 Å². The zero-order chi connectivity index (χ0) is 18.7. The quantitative estimate of drug-likeness (QED) is 0.874. The molecule has 3 rings (SSSR count). The van der Waals surface area contributed by atoms with Gasteiger partial charge >= 0.3 is 0 Å². The SMILES string of the molecule is NS(=O)(=O)c1ccc(F)c(C(=O)N2CCO[C@H](Cc3ccccc3)C2)c1. The average molecular weight is 378 g/mol. The monoisotopic (exact) mass is 378 g/mol. The van der Waals surface area contributed by atoms with Crippen molar-refractivity contribution in [1.29, 1.82) is 0 Å². The van der Waals surface area contributed by atoms with Crippen LogP contribution in [-0.2, 0) is 21.2 Å². The summed E-state index contributed by atoms with van der Waals surface area (Å²) >= 11 is 0. The summed E-state index contributed by atoms with van der Waals surface area (Å²) < 4.78 is 42.7. The lowest BCUT2D eigenvalue weighted by molar-refractivity contribution is -0.0209. The third kappa shape index (κ3) is 4.27. The molecule has 2 N–H and O–H groups in total. The number of nitrogens with two attached hydrogens (primary N) is 1. The fourth-order valence-corrected chi connectivity index (χ4v) is 3.46. The number of hydrogen-bond acceptors (Lipinski definition) is 4. The molecule has 1 amide bonds. The Bertz CT molecular complexity index is 903. The van der Waals surface area contributed by atoms with Gasteiger partial charge in [0.25, 0.3) is 5.91 Å². The highest BCUT2D eigenvalue weighted by atomic mass is 32.2. The molecule has 1 fully saturated rings. The molecule has 2 aromatic carbocycles. The van der Waals surface area contributed by atoms with Crippen molar-refractivity contribution in [3.05, 3.63) is 65.5 Å². The van der Waals surface area contributed by atoms with Gasteiger partial charge in [-0.15, -0.1) is 0 Å². The molecule has 0 saturated carbocycles. The Hall–Kier alpha value is -2.29. The Morgan fingerprint density at radius 2 is 1.96 bits per heavy atom. The van der Waals surface area contributed by atoms with E-state index in [2.05, 4.69) is 0 Å². The molecule has 1 atom stereocenters. The first-order valence-electron chi connectivity index (χ1n) is 8.12. The lowest BCUT2D eigenvalue weighted by Crippen LogP contribution is -2.46. The van der Waals surface area contributed by atoms with Gasteiger partial charge < -0.3 is 9.64 Å². The number of carbonyl (C=O) groups is 1. The summed E-state index contributed by atoms with van der Waals surface area (Å²) in [5.41, 5.74) is 0.770. The van der Waals surface area contributed by atoms with E-state index in [-0.39, 0.29) is 16.6 Å². The van der Waals surface area contributed by atoms with Gasteiger partial charge in [0, 0.05) is 19.5 Å². The van der Waals surface area contributed by atoms with E-state index in [4.69, 9.17) is 9.88 Å². The molecule has 0 aliphatic carbocycles. The van der Waals surface area contributed by atoms with Crippen LogP contribution in [0, 0.1) is 5.82 Å². The van der Waals surface area contributed by atoms with Crippen LogP contribution in [-0.4, -0.2) is 45.0 Å². The molecule has 0 spiro atoms. The molecule has 6 nitrogen and oxygen atoms in total. The summed E-state index contributed by atoms with van der Waals surface area (Å²) in [7, 11) is -4.02. The fourth-order valence-electron chi connectivity index (χ4n) is 2.92. The van der Waals surface area contributed by atoms with E-state index in [1.165, 1.54) is 4.90 Å². The molecule has 1 aliphatic rings. The number of sulfonamides is 1. The summed E-state index contributed by atoms with van der Waals surface area (Å²) in [6, 6.07) is 12.7. The normalized spacial score (nSPS) is 17.9. The number of amides is 1. The highest BCUT2D eigenvalue weighted by Gasteiger charge is 2.27. The first kappa shape index (κ1) is 18.5. The summed E-state index contributed by atoms with van der Waals surface area (Å²) in [5, 5.41) is 5.07. The fraction of sp³-hybridized carbons (Fsp3) is 0.278. The maximum atomic E-state index is 14.1. The highest BCUT2D eigenvalue weighted by molar-refractivity contribution is 7.89. The third-order valence-electron chi connectivity index (χ3n) is 4.23. The first-order chi connectivity index (χ1) is 12.3. The molecule has 26 heavy (non-hydrogen) atoms. The topological polar surface area (TPSA) is 89.7 Å². The van der Waals surface area contributed by atoms with Gasteiger partial charge in [0.05, 0.1) is 23.2 Å². The predicted molar refractivity (Wildman–Crippen MR) is 93.6 cm³/mol. The summed E-state index contributed by atoms with van der Waals surface area (Å²) in [6.07, 6.45) is 0.421. The molecular weight excluding hydrogens is 359 g/mol. The maximum absolute atomic E-state index is 14.1. The second kappa shape index (κ2) is 7.53. The Balaban J connectivity index is 1.77. The van der Waals surface area contributed by atoms with Crippen molar-refractivity contribution in [2.24, 2.45) is 5.14 Å². The molecule has 138 valence electrons. The number of hydrogen-bond donors (Lipinski definition) is 1. The number of nitrogens with zero attached hydrogens (tertiary/aromatic N) is 1. The molecule has 0 unspecified atom stereocenters. The van der Waals surface area contributed by atoms with Crippen molar-refractivity contribution >= 4 is 15.9 Å². The van der Waals surface area contributed by atoms with Crippen LogP contribution in [0.5, 0.6) is 0 Å². The Labute approximate surface area is 151 Å². The molecule has 0 bridgehead atoms. The van der Waals surface area contributed by atoms with Crippen molar-refractivity contribution < 1.29 is 22.3 Å². The largest absolute Gasteiger partial charge is 0.374 e. The average Bonchev–Trinajstić information content (AvgIpc) is 2.61. The zero-order valence-electron chi connectivity index (χ0n) is 14.0. The van der Waals surface area contributed by atoms with Crippen LogP contribution < -0.4 is 5.14 Å². The first-order valence-corrected chi connectivity index (χ1v) is 9.66. The van der Waals surface area contributed by atoms with Crippen LogP contribution in [0.2, 0.25) is 0 Å². The van der Waals surface area contributed by atoms with E-state index in [0.29, 0.717) is 26.1 Å². The molecule has 1 heterocycles. The minimum Gasteiger partial charge on any atom is -0.374 e. The predicted octanol–water partition coefficient (Wildman–Crippen LogP) is 1.56. The van der Waals surface area contributed by atoms with E-state index in [0.717, 1.165) is 23.8 Å². The summed E-state index contributed by atoms with van der Waals surface area (Å²) in [4.78, 5) is 13.9. The number of primary sulfonamides is 1. The van der Waals surface area contributed by atoms with Gasteiger partial charge in [-0.1, -0.05) is 30.3 Å².